The van der Waals surface area contributed by atoms with Crippen molar-refractivity contribution in [3.63, 3.8) is 0 Å². The molecule has 2 N–H and O–H groups in total. The fourth-order valence-corrected chi connectivity index (χ4v) is 5.82. The zero-order chi connectivity index (χ0) is 15.7. The Morgan fingerprint density at radius 3 is 2.71 bits per heavy atom. The largest absolute Gasteiger partial charge is 0.312 e. The Balaban J connectivity index is 2.11. The van der Waals surface area contributed by atoms with E-state index < -0.39 is 10.0 Å². The second-order valence-corrected chi connectivity index (χ2v) is 9.66. The van der Waals surface area contributed by atoms with E-state index in [1.807, 2.05) is 19.9 Å². The minimum Gasteiger partial charge on any atom is -0.312 e. The average molecular weight is 331 g/mol. The smallest absolute Gasteiger partial charge is 0.241 e. The molecule has 0 amide bonds. The summed E-state index contributed by atoms with van der Waals surface area (Å²) in [5.74, 6) is 0. The first-order valence-corrected chi connectivity index (χ1v) is 9.86. The van der Waals surface area contributed by atoms with E-state index in [0.717, 1.165) is 42.1 Å². The summed E-state index contributed by atoms with van der Waals surface area (Å²) in [6.07, 6.45) is 2.92. The highest BCUT2D eigenvalue weighted by Crippen LogP contribution is 2.37. The maximum atomic E-state index is 12.6. The third-order valence-corrected chi connectivity index (χ3v) is 6.88. The molecule has 0 radical (unpaired) electrons. The Kier molecular flexibility index (Phi) is 5.13. The van der Waals surface area contributed by atoms with Gasteiger partial charge in [-0.3, -0.25) is 0 Å². The lowest BCUT2D eigenvalue weighted by atomic mass is 9.92. The molecule has 21 heavy (non-hydrogen) atoms. The Labute approximate surface area is 132 Å². The van der Waals surface area contributed by atoms with Gasteiger partial charge in [-0.25, -0.2) is 13.1 Å². The van der Waals surface area contributed by atoms with E-state index >= 15 is 0 Å². The van der Waals surface area contributed by atoms with Crippen molar-refractivity contribution < 1.29 is 8.42 Å². The Morgan fingerprint density at radius 2 is 2.14 bits per heavy atom. The Hall–Kier alpha value is -0.430. The van der Waals surface area contributed by atoms with Crippen LogP contribution in [0, 0.1) is 12.3 Å². The second kappa shape index (κ2) is 6.36. The molecule has 1 saturated carbocycles. The van der Waals surface area contributed by atoms with Gasteiger partial charge < -0.3 is 5.32 Å². The van der Waals surface area contributed by atoms with Crippen molar-refractivity contribution in [3.05, 3.63) is 15.8 Å². The Morgan fingerprint density at radius 1 is 1.43 bits per heavy atom. The van der Waals surface area contributed by atoms with Crippen LogP contribution in [0.4, 0.5) is 0 Å². The number of thiophene rings is 1. The molecule has 1 fully saturated rings. The van der Waals surface area contributed by atoms with Gasteiger partial charge in [-0.05, 0) is 44.2 Å². The predicted molar refractivity (Wildman–Crippen MR) is 88.2 cm³/mol. The van der Waals surface area contributed by atoms with Crippen LogP contribution in [0.25, 0.3) is 0 Å². The molecule has 0 bridgehead atoms. The number of hydrogen-bond donors (Lipinski definition) is 2. The summed E-state index contributed by atoms with van der Waals surface area (Å²) >= 11 is 1.56. The number of hydrogen-bond acceptors (Lipinski definition) is 4. The van der Waals surface area contributed by atoms with Gasteiger partial charge >= 0.3 is 0 Å². The molecule has 4 nitrogen and oxygen atoms in total. The Bertz CT molecular complexity index is 591. The molecule has 0 saturated heterocycles. The molecule has 1 heterocycles. The van der Waals surface area contributed by atoms with Crippen LogP contribution in [-0.2, 0) is 16.6 Å². The highest BCUT2D eigenvalue weighted by molar-refractivity contribution is 7.89. The van der Waals surface area contributed by atoms with Gasteiger partial charge in [0.15, 0.2) is 0 Å². The van der Waals surface area contributed by atoms with E-state index in [9.17, 15) is 8.42 Å². The van der Waals surface area contributed by atoms with Gasteiger partial charge in [0.05, 0.1) is 4.90 Å². The molecule has 1 aliphatic rings. The predicted octanol–water partition coefficient (Wildman–Crippen LogP) is 3.02. The standard InChI is InChI=1S/C15H26N2O2S2/c1-5-16-10-13-8-14(11(2)20-13)21(18,19)17-12-6-7-15(3,4)9-12/h8,12,16-17H,5-7,9-10H2,1-4H3. The molecule has 0 spiro atoms. The molecule has 2 rings (SSSR count). The molecule has 1 aliphatic carbocycles. The van der Waals surface area contributed by atoms with Crippen LogP contribution >= 0.6 is 11.3 Å². The lowest BCUT2D eigenvalue weighted by Crippen LogP contribution is -2.33. The monoisotopic (exact) mass is 330 g/mol. The molecule has 0 aromatic carbocycles. The summed E-state index contributed by atoms with van der Waals surface area (Å²) in [7, 11) is -3.40. The highest BCUT2D eigenvalue weighted by atomic mass is 32.2. The lowest BCUT2D eigenvalue weighted by Gasteiger charge is -2.17. The van der Waals surface area contributed by atoms with E-state index in [0.29, 0.717) is 4.90 Å². The van der Waals surface area contributed by atoms with Crippen molar-refractivity contribution in [2.45, 2.75) is 64.4 Å². The molecule has 0 aliphatic heterocycles. The van der Waals surface area contributed by atoms with Crippen LogP contribution in [0.3, 0.4) is 0 Å². The molecule has 1 aromatic heterocycles. The first-order valence-electron chi connectivity index (χ1n) is 7.56. The van der Waals surface area contributed by atoms with Gasteiger partial charge in [-0.1, -0.05) is 20.8 Å². The van der Waals surface area contributed by atoms with Crippen LogP contribution < -0.4 is 10.0 Å². The van der Waals surface area contributed by atoms with E-state index in [1.165, 1.54) is 0 Å². The van der Waals surface area contributed by atoms with E-state index in [1.54, 1.807) is 11.3 Å². The van der Waals surface area contributed by atoms with Gasteiger partial charge in [0, 0.05) is 22.3 Å². The lowest BCUT2D eigenvalue weighted by molar-refractivity contribution is 0.372. The molecule has 6 heteroatoms. The average Bonchev–Trinajstić information content (AvgIpc) is 2.89. The molecule has 1 atom stereocenters. The van der Waals surface area contributed by atoms with E-state index in [-0.39, 0.29) is 11.5 Å². The zero-order valence-electron chi connectivity index (χ0n) is 13.3. The van der Waals surface area contributed by atoms with E-state index in [2.05, 4.69) is 23.9 Å². The third kappa shape index (κ3) is 4.28. The van der Waals surface area contributed by atoms with Crippen molar-refractivity contribution in [1.82, 2.24) is 10.0 Å². The molecule has 120 valence electrons. The molecular weight excluding hydrogens is 304 g/mol. The summed E-state index contributed by atoms with van der Waals surface area (Å²) in [4.78, 5) is 2.39. The normalized spacial score (nSPS) is 21.8. The van der Waals surface area contributed by atoms with Crippen molar-refractivity contribution in [3.8, 4) is 0 Å². The quantitative estimate of drug-likeness (QED) is 0.843. The summed E-state index contributed by atoms with van der Waals surface area (Å²) in [5, 5.41) is 3.24. The zero-order valence-corrected chi connectivity index (χ0v) is 15.0. The fourth-order valence-electron chi connectivity index (χ4n) is 2.95. The van der Waals surface area contributed by atoms with Crippen LogP contribution in [0.5, 0.6) is 0 Å². The fraction of sp³-hybridized carbons (Fsp3) is 0.733. The number of sulfonamides is 1. The molecule has 1 aromatic rings. The number of rotatable bonds is 6. The minimum atomic E-state index is -3.40. The summed E-state index contributed by atoms with van der Waals surface area (Å²) in [6.45, 7) is 9.94. The SMILES string of the molecule is CCNCc1cc(S(=O)(=O)NC2CCC(C)(C)C2)c(C)s1. The van der Waals surface area contributed by atoms with Crippen LogP contribution in [0.1, 0.15) is 49.8 Å². The van der Waals surface area contributed by atoms with Crippen molar-refractivity contribution >= 4 is 21.4 Å². The first kappa shape index (κ1) is 16.9. The highest BCUT2D eigenvalue weighted by Gasteiger charge is 2.34. The second-order valence-electron chi connectivity index (χ2n) is 6.64. The molecule has 1 unspecified atom stereocenters. The van der Waals surface area contributed by atoms with Gasteiger partial charge in [0.25, 0.3) is 0 Å². The van der Waals surface area contributed by atoms with Gasteiger partial charge in [0.1, 0.15) is 0 Å². The maximum absolute atomic E-state index is 12.6. The summed E-state index contributed by atoms with van der Waals surface area (Å²) in [5.41, 5.74) is 0.243. The van der Waals surface area contributed by atoms with Crippen molar-refractivity contribution in [2.75, 3.05) is 6.54 Å². The minimum absolute atomic E-state index is 0.0708. The summed E-state index contributed by atoms with van der Waals surface area (Å²) in [6, 6.07) is 1.88. The van der Waals surface area contributed by atoms with Gasteiger partial charge in [0.2, 0.25) is 10.0 Å². The van der Waals surface area contributed by atoms with E-state index in [4.69, 9.17) is 0 Å². The maximum Gasteiger partial charge on any atom is 0.241 e. The topological polar surface area (TPSA) is 58.2 Å². The number of nitrogens with one attached hydrogen (secondary N) is 2. The third-order valence-electron chi connectivity index (χ3n) is 4.05. The van der Waals surface area contributed by atoms with Gasteiger partial charge in [-0.2, -0.15) is 0 Å². The number of aryl methyl sites for hydroxylation is 1. The van der Waals surface area contributed by atoms with Crippen molar-refractivity contribution in [1.29, 1.82) is 0 Å². The first-order chi connectivity index (χ1) is 9.73. The van der Waals surface area contributed by atoms with Crippen LogP contribution in [0.2, 0.25) is 0 Å². The summed E-state index contributed by atoms with van der Waals surface area (Å²) < 4.78 is 28.1. The van der Waals surface area contributed by atoms with Gasteiger partial charge in [-0.15, -0.1) is 11.3 Å². The van der Waals surface area contributed by atoms with Crippen molar-refractivity contribution in [2.24, 2.45) is 5.41 Å². The van der Waals surface area contributed by atoms with Crippen LogP contribution in [-0.4, -0.2) is 21.0 Å². The molecular formula is C15H26N2O2S2. The van der Waals surface area contributed by atoms with Crippen LogP contribution in [0.15, 0.2) is 11.0 Å².